The quantitative estimate of drug-likeness (QED) is 0.625. The Balaban J connectivity index is 1.76. The van der Waals surface area contributed by atoms with Gasteiger partial charge in [0.15, 0.2) is 5.78 Å². The molecule has 0 saturated heterocycles. The van der Waals surface area contributed by atoms with E-state index >= 15 is 0 Å². The second-order valence-electron chi connectivity index (χ2n) is 5.22. The molecule has 1 aliphatic carbocycles. The van der Waals surface area contributed by atoms with Gasteiger partial charge in [-0.1, -0.05) is 44.6 Å². The summed E-state index contributed by atoms with van der Waals surface area (Å²) in [6, 6.07) is 0.282. The van der Waals surface area contributed by atoms with Crippen molar-refractivity contribution in [2.75, 3.05) is 0 Å². The van der Waals surface area contributed by atoms with Crippen LogP contribution < -0.4 is 0 Å². The van der Waals surface area contributed by atoms with E-state index in [0.29, 0.717) is 0 Å². The van der Waals surface area contributed by atoms with Gasteiger partial charge >= 0.3 is 0 Å². The Kier molecular flexibility index (Phi) is 4.96. The van der Waals surface area contributed by atoms with Gasteiger partial charge in [-0.2, -0.15) is 0 Å². The summed E-state index contributed by atoms with van der Waals surface area (Å²) in [4.78, 5) is 15.9. The second-order valence-corrected chi connectivity index (χ2v) is 5.22. The van der Waals surface area contributed by atoms with Gasteiger partial charge in [-0.15, -0.1) is 0 Å². The van der Waals surface area contributed by atoms with Gasteiger partial charge in [-0.3, -0.25) is 9.79 Å². The molecule has 0 saturated carbocycles. The van der Waals surface area contributed by atoms with Gasteiger partial charge in [0.2, 0.25) is 0 Å². The van der Waals surface area contributed by atoms with Crippen LogP contribution in [0.25, 0.3) is 0 Å². The van der Waals surface area contributed by atoms with Crippen molar-refractivity contribution in [3.63, 3.8) is 0 Å². The van der Waals surface area contributed by atoms with E-state index in [0.717, 1.165) is 19.3 Å². The standard InChI is InChI=1S/C15H23NO/c17-13-9-7-5-3-1-2-4-6-8-10-14-15(16-14)12-11-13/h11-12,15H,1-10H2/b12-11+. The summed E-state index contributed by atoms with van der Waals surface area (Å²) < 4.78 is 0. The lowest BCUT2D eigenvalue weighted by molar-refractivity contribution is -0.114. The Morgan fingerprint density at radius 2 is 1.47 bits per heavy atom. The molecule has 2 rings (SSSR count). The SMILES string of the molecule is O=C1/C=C/C2N=C2CCCCCCCCCC1. The minimum Gasteiger partial charge on any atom is -0.295 e. The van der Waals surface area contributed by atoms with Crippen molar-refractivity contribution in [3.05, 3.63) is 12.2 Å². The number of carbonyl (C=O) groups excluding carboxylic acids is 1. The first-order valence-corrected chi connectivity index (χ1v) is 7.14. The highest BCUT2D eigenvalue weighted by Gasteiger charge is 2.23. The number of carbonyl (C=O) groups is 1. The molecule has 2 heteroatoms. The van der Waals surface area contributed by atoms with Crippen molar-refractivity contribution in [2.45, 2.75) is 70.3 Å². The molecule has 1 atom stereocenters. The number of ketones is 1. The predicted molar refractivity (Wildman–Crippen MR) is 71.5 cm³/mol. The zero-order valence-corrected chi connectivity index (χ0v) is 10.7. The molecule has 0 N–H and O–H groups in total. The molecule has 0 spiro atoms. The fourth-order valence-corrected chi connectivity index (χ4v) is 2.46. The molecule has 2 aliphatic rings. The maximum Gasteiger partial charge on any atom is 0.155 e. The second kappa shape index (κ2) is 6.73. The first kappa shape index (κ1) is 12.5. The maximum atomic E-state index is 11.5. The highest BCUT2D eigenvalue weighted by molar-refractivity contribution is 6.03. The van der Waals surface area contributed by atoms with Gasteiger partial charge in [0.05, 0.1) is 0 Å². The van der Waals surface area contributed by atoms with Gasteiger partial charge in [0, 0.05) is 12.1 Å². The fraction of sp³-hybridized carbons (Fsp3) is 0.733. The van der Waals surface area contributed by atoms with E-state index < -0.39 is 0 Å². The number of hydrogen-bond acceptors (Lipinski definition) is 2. The molecule has 94 valence electrons. The molecule has 1 unspecified atom stereocenters. The predicted octanol–water partition coefficient (Wildman–Crippen LogP) is 3.85. The molecular weight excluding hydrogens is 210 g/mol. The summed E-state index contributed by atoms with van der Waals surface area (Å²) in [6.07, 6.45) is 15.9. The zero-order chi connectivity index (χ0) is 11.9. The van der Waals surface area contributed by atoms with Crippen LogP contribution in [-0.2, 0) is 4.79 Å². The molecular formula is C15H23NO. The average Bonchev–Trinajstić information content (AvgIpc) is 3.06. The molecule has 0 aromatic heterocycles. The summed E-state index contributed by atoms with van der Waals surface area (Å²) in [5.74, 6) is 0.279. The van der Waals surface area contributed by atoms with E-state index in [1.165, 1.54) is 50.7 Å². The van der Waals surface area contributed by atoms with Gasteiger partial charge in [0.25, 0.3) is 0 Å². The number of allylic oxidation sites excluding steroid dienone is 1. The number of fused-ring (bicyclic) bond motifs is 1. The monoisotopic (exact) mass is 233 g/mol. The van der Waals surface area contributed by atoms with Gasteiger partial charge in [0.1, 0.15) is 6.04 Å². The molecule has 2 nitrogen and oxygen atoms in total. The Labute approximate surface area is 104 Å². The first-order chi connectivity index (χ1) is 8.36. The van der Waals surface area contributed by atoms with Gasteiger partial charge in [-0.05, 0) is 25.3 Å². The lowest BCUT2D eigenvalue weighted by atomic mass is 10.1. The fourth-order valence-electron chi connectivity index (χ4n) is 2.46. The summed E-state index contributed by atoms with van der Waals surface area (Å²) in [5.41, 5.74) is 1.31. The van der Waals surface area contributed by atoms with Crippen LogP contribution in [0.5, 0.6) is 0 Å². The number of nitrogens with zero attached hydrogens (tertiary/aromatic N) is 1. The van der Waals surface area contributed by atoms with E-state index in [1.54, 1.807) is 6.08 Å². The molecule has 0 amide bonds. The third-order valence-electron chi connectivity index (χ3n) is 3.65. The Bertz CT molecular complexity index is 317. The van der Waals surface area contributed by atoms with Crippen molar-refractivity contribution in [3.8, 4) is 0 Å². The summed E-state index contributed by atoms with van der Waals surface area (Å²) in [7, 11) is 0. The zero-order valence-electron chi connectivity index (χ0n) is 10.7. The third-order valence-corrected chi connectivity index (χ3v) is 3.65. The molecule has 0 radical (unpaired) electrons. The lowest BCUT2D eigenvalue weighted by Crippen LogP contribution is -1.97. The van der Waals surface area contributed by atoms with E-state index in [1.807, 2.05) is 6.08 Å². The molecule has 17 heavy (non-hydrogen) atoms. The topological polar surface area (TPSA) is 29.4 Å². The Morgan fingerprint density at radius 3 is 2.18 bits per heavy atom. The van der Waals surface area contributed by atoms with E-state index in [2.05, 4.69) is 4.99 Å². The largest absolute Gasteiger partial charge is 0.295 e. The molecule has 0 aromatic rings. The van der Waals surface area contributed by atoms with Crippen molar-refractivity contribution < 1.29 is 4.79 Å². The minimum atomic E-state index is 0.279. The number of aliphatic imine (C=N–C) groups is 1. The van der Waals surface area contributed by atoms with Crippen LogP contribution in [0, 0.1) is 0 Å². The van der Waals surface area contributed by atoms with Crippen LogP contribution in [0.3, 0.4) is 0 Å². The van der Waals surface area contributed by atoms with Crippen LogP contribution in [0.1, 0.15) is 64.2 Å². The van der Waals surface area contributed by atoms with Crippen LogP contribution in [0.15, 0.2) is 17.1 Å². The van der Waals surface area contributed by atoms with Crippen molar-refractivity contribution in [1.82, 2.24) is 0 Å². The Hall–Kier alpha value is -0.920. The smallest absolute Gasteiger partial charge is 0.155 e. The lowest BCUT2D eigenvalue weighted by Gasteiger charge is -2.00. The van der Waals surface area contributed by atoms with Crippen LogP contribution >= 0.6 is 0 Å². The highest BCUT2D eigenvalue weighted by Crippen LogP contribution is 2.20. The average molecular weight is 233 g/mol. The van der Waals surface area contributed by atoms with E-state index in [-0.39, 0.29) is 11.8 Å². The molecule has 1 heterocycles. The molecule has 1 aliphatic heterocycles. The van der Waals surface area contributed by atoms with Crippen LogP contribution in [0.4, 0.5) is 0 Å². The van der Waals surface area contributed by atoms with E-state index in [4.69, 9.17) is 0 Å². The van der Waals surface area contributed by atoms with Crippen molar-refractivity contribution in [1.29, 1.82) is 0 Å². The minimum absolute atomic E-state index is 0.279. The molecule has 0 fully saturated rings. The number of hydrogen-bond donors (Lipinski definition) is 0. The molecule has 0 bridgehead atoms. The first-order valence-electron chi connectivity index (χ1n) is 7.14. The third kappa shape index (κ3) is 4.84. The highest BCUT2D eigenvalue weighted by atomic mass is 16.1. The normalized spacial score (nSPS) is 29.5. The maximum absolute atomic E-state index is 11.5. The summed E-state index contributed by atoms with van der Waals surface area (Å²) in [5, 5.41) is 0. The molecule has 0 aromatic carbocycles. The van der Waals surface area contributed by atoms with E-state index in [9.17, 15) is 4.79 Å². The van der Waals surface area contributed by atoms with Gasteiger partial charge in [-0.25, -0.2) is 0 Å². The Morgan fingerprint density at radius 1 is 0.882 bits per heavy atom. The summed E-state index contributed by atoms with van der Waals surface area (Å²) >= 11 is 0. The van der Waals surface area contributed by atoms with Crippen LogP contribution in [-0.4, -0.2) is 17.5 Å². The van der Waals surface area contributed by atoms with Crippen molar-refractivity contribution >= 4 is 11.5 Å². The summed E-state index contributed by atoms with van der Waals surface area (Å²) in [6.45, 7) is 0. The van der Waals surface area contributed by atoms with Crippen molar-refractivity contribution in [2.24, 2.45) is 4.99 Å². The number of rotatable bonds is 0. The van der Waals surface area contributed by atoms with Crippen LogP contribution in [0.2, 0.25) is 0 Å². The van der Waals surface area contributed by atoms with Gasteiger partial charge < -0.3 is 0 Å².